The zero-order valence-corrected chi connectivity index (χ0v) is 11.9. The van der Waals surface area contributed by atoms with Crippen molar-refractivity contribution < 1.29 is 44.5 Å². The van der Waals surface area contributed by atoms with Crippen LogP contribution in [0.2, 0.25) is 0 Å². The molecule has 1 aliphatic rings. The third-order valence-corrected chi connectivity index (χ3v) is 2.96. The van der Waals surface area contributed by atoms with Gasteiger partial charge in [0.25, 0.3) is 0 Å². The van der Waals surface area contributed by atoms with Crippen molar-refractivity contribution in [1.29, 1.82) is 0 Å². The van der Waals surface area contributed by atoms with E-state index < -0.39 is 43.6 Å². The standard InChI is InChI=1S/C13H22O9/c1-2-3-19-4-5-20-7-9(15)22-13-12(18)11(17)10(16)8(6-14)21-13/h1,8-18H,3-7H2/t8-,9?,10-,11+,12+,13-/m1/s1. The normalized spacial score (nSPS) is 33.4. The molecular formula is C13H22O9. The van der Waals surface area contributed by atoms with Crippen LogP contribution in [0.4, 0.5) is 0 Å². The summed E-state index contributed by atoms with van der Waals surface area (Å²) in [7, 11) is 0. The molecule has 0 bridgehead atoms. The Bertz CT molecular complexity index is 343. The third-order valence-electron chi connectivity index (χ3n) is 2.96. The van der Waals surface area contributed by atoms with Crippen molar-refractivity contribution in [1.82, 2.24) is 0 Å². The van der Waals surface area contributed by atoms with Crippen LogP contribution in [0.3, 0.4) is 0 Å². The summed E-state index contributed by atoms with van der Waals surface area (Å²) in [5, 5.41) is 47.5. The Hall–Kier alpha value is -0.800. The number of aliphatic hydroxyl groups excluding tert-OH is 5. The van der Waals surface area contributed by atoms with Crippen molar-refractivity contribution in [3.8, 4) is 12.3 Å². The van der Waals surface area contributed by atoms with E-state index in [0.29, 0.717) is 0 Å². The quantitative estimate of drug-likeness (QED) is 0.169. The Morgan fingerprint density at radius 3 is 2.41 bits per heavy atom. The molecule has 0 amide bonds. The highest BCUT2D eigenvalue weighted by Crippen LogP contribution is 2.22. The molecule has 0 radical (unpaired) electrons. The Morgan fingerprint density at radius 1 is 1.09 bits per heavy atom. The van der Waals surface area contributed by atoms with Crippen molar-refractivity contribution >= 4 is 0 Å². The molecule has 0 saturated carbocycles. The molecule has 0 aromatic heterocycles. The van der Waals surface area contributed by atoms with Crippen LogP contribution in [0, 0.1) is 12.3 Å². The molecule has 9 nitrogen and oxygen atoms in total. The van der Waals surface area contributed by atoms with Crippen molar-refractivity contribution in [3.63, 3.8) is 0 Å². The molecule has 0 aliphatic carbocycles. The highest BCUT2D eigenvalue weighted by molar-refractivity contribution is 4.88. The molecule has 5 N–H and O–H groups in total. The minimum absolute atomic E-state index is 0.160. The third kappa shape index (κ3) is 5.77. The van der Waals surface area contributed by atoms with Crippen LogP contribution < -0.4 is 0 Å². The lowest BCUT2D eigenvalue weighted by Crippen LogP contribution is -2.59. The Labute approximate surface area is 128 Å². The van der Waals surface area contributed by atoms with Crippen molar-refractivity contribution in [3.05, 3.63) is 0 Å². The van der Waals surface area contributed by atoms with Crippen molar-refractivity contribution in [2.24, 2.45) is 0 Å². The van der Waals surface area contributed by atoms with Crippen LogP contribution in [0.5, 0.6) is 0 Å². The van der Waals surface area contributed by atoms with Crippen LogP contribution >= 0.6 is 0 Å². The first-order valence-electron chi connectivity index (χ1n) is 6.74. The van der Waals surface area contributed by atoms with Crippen LogP contribution in [0.15, 0.2) is 0 Å². The molecule has 9 heteroatoms. The number of terminal acetylenes is 1. The van der Waals surface area contributed by atoms with Crippen molar-refractivity contribution in [2.45, 2.75) is 37.0 Å². The molecule has 0 spiro atoms. The van der Waals surface area contributed by atoms with E-state index in [1.165, 1.54) is 0 Å². The van der Waals surface area contributed by atoms with Gasteiger partial charge in [0, 0.05) is 0 Å². The molecule has 128 valence electrons. The molecule has 1 aliphatic heterocycles. The highest BCUT2D eigenvalue weighted by atomic mass is 16.8. The van der Waals surface area contributed by atoms with Crippen LogP contribution in [-0.4, -0.2) is 95.6 Å². The van der Waals surface area contributed by atoms with Gasteiger partial charge in [0.2, 0.25) is 0 Å². The first-order valence-corrected chi connectivity index (χ1v) is 6.74. The van der Waals surface area contributed by atoms with Gasteiger partial charge in [-0.05, 0) is 0 Å². The average Bonchev–Trinajstić information content (AvgIpc) is 2.51. The SMILES string of the molecule is C#CCOCCOCC(O)O[C@H]1O[C@H](CO)[C@@H](O)[C@H](O)[C@@H]1O. The first-order chi connectivity index (χ1) is 10.5. The van der Waals surface area contributed by atoms with E-state index in [1.54, 1.807) is 0 Å². The summed E-state index contributed by atoms with van der Waals surface area (Å²) >= 11 is 0. The maximum Gasteiger partial charge on any atom is 0.189 e. The number of aliphatic hydroxyl groups is 5. The average molecular weight is 322 g/mol. The molecule has 1 heterocycles. The topological polar surface area (TPSA) is 138 Å². The van der Waals surface area contributed by atoms with Crippen LogP contribution in [0.25, 0.3) is 0 Å². The van der Waals surface area contributed by atoms with E-state index in [9.17, 15) is 20.4 Å². The smallest absolute Gasteiger partial charge is 0.189 e. The van der Waals surface area contributed by atoms with Gasteiger partial charge in [-0.3, -0.25) is 0 Å². The number of hydrogen-bond donors (Lipinski definition) is 5. The van der Waals surface area contributed by atoms with Crippen molar-refractivity contribution in [2.75, 3.05) is 33.0 Å². The van der Waals surface area contributed by atoms with Gasteiger partial charge < -0.3 is 44.5 Å². The highest BCUT2D eigenvalue weighted by Gasteiger charge is 2.44. The summed E-state index contributed by atoms with van der Waals surface area (Å²) in [6.45, 7) is -0.223. The molecule has 0 aromatic carbocycles. The maximum absolute atomic E-state index is 9.71. The Kier molecular flexibility index (Phi) is 8.81. The molecular weight excluding hydrogens is 300 g/mol. The van der Waals surface area contributed by atoms with Gasteiger partial charge in [-0.25, -0.2) is 0 Å². The first kappa shape index (κ1) is 19.2. The van der Waals surface area contributed by atoms with E-state index in [1.807, 2.05) is 0 Å². The van der Waals surface area contributed by atoms with Gasteiger partial charge in [-0.15, -0.1) is 6.42 Å². The second-order valence-electron chi connectivity index (χ2n) is 4.62. The van der Waals surface area contributed by atoms with E-state index in [-0.39, 0.29) is 26.4 Å². The second kappa shape index (κ2) is 10.1. The van der Waals surface area contributed by atoms with Crippen LogP contribution in [-0.2, 0) is 18.9 Å². The van der Waals surface area contributed by atoms with Crippen LogP contribution in [0.1, 0.15) is 0 Å². The fraction of sp³-hybridized carbons (Fsp3) is 0.846. The summed E-state index contributed by atoms with van der Waals surface area (Å²) < 4.78 is 20.1. The summed E-state index contributed by atoms with van der Waals surface area (Å²) in [5.41, 5.74) is 0. The summed E-state index contributed by atoms with van der Waals surface area (Å²) in [6, 6.07) is 0. The summed E-state index contributed by atoms with van der Waals surface area (Å²) in [6.07, 6.45) is -3.60. The largest absolute Gasteiger partial charge is 0.394 e. The molecule has 1 saturated heterocycles. The van der Waals surface area contributed by atoms with E-state index in [2.05, 4.69) is 5.92 Å². The lowest BCUT2D eigenvalue weighted by molar-refractivity contribution is -0.335. The lowest BCUT2D eigenvalue weighted by Gasteiger charge is -2.40. The molecule has 6 atom stereocenters. The van der Waals surface area contributed by atoms with Gasteiger partial charge in [0.15, 0.2) is 12.6 Å². The summed E-state index contributed by atoms with van der Waals surface area (Å²) in [5.74, 6) is 2.28. The molecule has 0 aromatic rings. The minimum atomic E-state index is -1.58. The van der Waals surface area contributed by atoms with Gasteiger partial charge in [-0.2, -0.15) is 0 Å². The summed E-state index contributed by atoms with van der Waals surface area (Å²) in [4.78, 5) is 0. The zero-order valence-electron chi connectivity index (χ0n) is 11.9. The predicted octanol–water partition coefficient (Wildman–Crippen LogP) is -3.21. The molecule has 1 rings (SSSR count). The maximum atomic E-state index is 9.71. The lowest BCUT2D eigenvalue weighted by atomic mass is 9.99. The predicted molar refractivity (Wildman–Crippen MR) is 71.3 cm³/mol. The number of hydrogen-bond acceptors (Lipinski definition) is 9. The van der Waals surface area contributed by atoms with Gasteiger partial charge >= 0.3 is 0 Å². The fourth-order valence-corrected chi connectivity index (χ4v) is 1.81. The monoisotopic (exact) mass is 322 g/mol. The number of rotatable bonds is 9. The van der Waals surface area contributed by atoms with E-state index >= 15 is 0 Å². The zero-order chi connectivity index (χ0) is 16.5. The molecule has 22 heavy (non-hydrogen) atoms. The van der Waals surface area contributed by atoms with Gasteiger partial charge in [0.05, 0.1) is 26.4 Å². The molecule has 1 unspecified atom stereocenters. The van der Waals surface area contributed by atoms with Gasteiger partial charge in [0.1, 0.15) is 31.0 Å². The fourth-order valence-electron chi connectivity index (χ4n) is 1.81. The van der Waals surface area contributed by atoms with E-state index in [0.717, 1.165) is 0 Å². The number of ether oxygens (including phenoxy) is 4. The van der Waals surface area contributed by atoms with E-state index in [4.69, 9.17) is 30.5 Å². The Morgan fingerprint density at radius 2 is 1.77 bits per heavy atom. The molecule has 1 fully saturated rings. The van der Waals surface area contributed by atoms with Gasteiger partial charge in [-0.1, -0.05) is 5.92 Å². The second-order valence-corrected chi connectivity index (χ2v) is 4.62. The minimum Gasteiger partial charge on any atom is -0.394 e. The Balaban J connectivity index is 2.30.